The van der Waals surface area contributed by atoms with Crippen molar-refractivity contribution in [2.45, 2.75) is 17.6 Å². The Labute approximate surface area is 180 Å². The minimum atomic E-state index is -0.170. The van der Waals surface area contributed by atoms with Crippen LogP contribution < -0.4 is 14.8 Å². The van der Waals surface area contributed by atoms with E-state index in [-0.39, 0.29) is 5.91 Å². The third kappa shape index (κ3) is 5.92. The van der Waals surface area contributed by atoms with Crippen molar-refractivity contribution in [3.63, 3.8) is 0 Å². The van der Waals surface area contributed by atoms with Crippen LogP contribution in [0.1, 0.15) is 22.8 Å². The van der Waals surface area contributed by atoms with Crippen molar-refractivity contribution in [3.8, 4) is 11.5 Å². The first-order valence-electron chi connectivity index (χ1n) is 9.18. The number of anilines is 1. The minimum Gasteiger partial charge on any atom is -0.497 e. The van der Waals surface area contributed by atoms with Crippen LogP contribution in [0, 0.1) is 0 Å². The lowest BCUT2D eigenvalue weighted by atomic mass is 10.1. The summed E-state index contributed by atoms with van der Waals surface area (Å²) in [4.78, 5) is 13.8. The third-order valence-corrected chi connectivity index (χ3v) is 5.49. The molecule has 4 nitrogen and oxygen atoms in total. The molecule has 0 aliphatic carbocycles. The zero-order chi connectivity index (χ0) is 20.6. The fourth-order valence-corrected chi connectivity index (χ4v) is 3.70. The van der Waals surface area contributed by atoms with Crippen molar-refractivity contribution in [3.05, 3.63) is 82.9 Å². The van der Waals surface area contributed by atoms with Crippen molar-refractivity contribution in [1.29, 1.82) is 0 Å². The molecule has 150 valence electrons. The Morgan fingerprint density at radius 3 is 2.41 bits per heavy atom. The Hall–Kier alpha value is -2.63. The van der Waals surface area contributed by atoms with Crippen LogP contribution in [-0.4, -0.2) is 19.6 Å². The van der Waals surface area contributed by atoms with Crippen LogP contribution in [0.5, 0.6) is 11.5 Å². The van der Waals surface area contributed by atoms with Crippen LogP contribution in [0.3, 0.4) is 0 Å². The molecular weight excluding hydrogens is 406 g/mol. The maximum atomic E-state index is 12.7. The van der Waals surface area contributed by atoms with Gasteiger partial charge in [0.05, 0.1) is 13.7 Å². The fraction of sp³-hybridized carbons (Fsp3) is 0.174. The van der Waals surface area contributed by atoms with Gasteiger partial charge in [-0.2, -0.15) is 0 Å². The SMILES string of the molecule is CCOc1ccc(C(=O)Nc2ccc(OC)cc2)cc1CSc1ccc(Cl)cc1. The number of carbonyl (C=O) groups excluding carboxylic acids is 1. The number of thioether (sulfide) groups is 1. The first-order chi connectivity index (χ1) is 14.1. The first kappa shape index (κ1) is 21.1. The summed E-state index contributed by atoms with van der Waals surface area (Å²) in [6, 6.07) is 20.4. The summed E-state index contributed by atoms with van der Waals surface area (Å²) in [6.45, 7) is 2.51. The Kier molecular flexibility index (Phi) is 7.44. The van der Waals surface area contributed by atoms with Crippen molar-refractivity contribution >= 4 is 35.0 Å². The maximum Gasteiger partial charge on any atom is 0.255 e. The highest BCUT2D eigenvalue weighted by atomic mass is 35.5. The normalized spacial score (nSPS) is 10.4. The standard InChI is InChI=1S/C23H22ClNO3S/c1-3-28-22-13-4-16(23(26)25-19-7-9-20(27-2)10-8-19)14-17(22)15-29-21-11-5-18(24)6-12-21/h4-14H,3,15H2,1-2H3,(H,25,26). The molecule has 6 heteroatoms. The average Bonchev–Trinajstić information content (AvgIpc) is 2.75. The monoisotopic (exact) mass is 427 g/mol. The van der Waals surface area contributed by atoms with Gasteiger partial charge in [0.15, 0.2) is 0 Å². The van der Waals surface area contributed by atoms with Gasteiger partial charge in [0, 0.05) is 32.5 Å². The van der Waals surface area contributed by atoms with E-state index >= 15 is 0 Å². The minimum absolute atomic E-state index is 0.170. The smallest absolute Gasteiger partial charge is 0.255 e. The molecule has 0 aromatic heterocycles. The average molecular weight is 428 g/mol. The molecule has 0 aliphatic heterocycles. The molecule has 0 unspecified atom stereocenters. The van der Waals surface area contributed by atoms with Gasteiger partial charge < -0.3 is 14.8 Å². The van der Waals surface area contributed by atoms with Gasteiger partial charge in [-0.05, 0) is 73.7 Å². The molecular formula is C23H22ClNO3S. The summed E-state index contributed by atoms with van der Waals surface area (Å²) < 4.78 is 10.9. The first-order valence-corrected chi connectivity index (χ1v) is 10.5. The predicted molar refractivity (Wildman–Crippen MR) is 120 cm³/mol. The quantitative estimate of drug-likeness (QED) is 0.429. The summed E-state index contributed by atoms with van der Waals surface area (Å²) >= 11 is 7.62. The van der Waals surface area contributed by atoms with E-state index < -0.39 is 0 Å². The number of hydrogen-bond donors (Lipinski definition) is 1. The van der Waals surface area contributed by atoms with Crippen LogP contribution in [-0.2, 0) is 5.75 Å². The molecule has 0 aliphatic rings. The van der Waals surface area contributed by atoms with E-state index in [9.17, 15) is 4.79 Å². The van der Waals surface area contributed by atoms with Gasteiger partial charge >= 0.3 is 0 Å². The van der Waals surface area contributed by atoms with Crippen LogP contribution in [0.15, 0.2) is 71.6 Å². The Bertz CT molecular complexity index is 959. The number of ether oxygens (including phenoxy) is 2. The molecule has 0 radical (unpaired) electrons. The number of carbonyl (C=O) groups is 1. The van der Waals surface area contributed by atoms with E-state index in [1.165, 1.54) is 0 Å². The van der Waals surface area contributed by atoms with Crippen molar-refractivity contribution in [2.75, 3.05) is 19.0 Å². The van der Waals surface area contributed by atoms with E-state index in [0.29, 0.717) is 28.6 Å². The highest BCUT2D eigenvalue weighted by Crippen LogP contribution is 2.30. The Balaban J connectivity index is 1.75. The lowest BCUT2D eigenvalue weighted by Crippen LogP contribution is -2.12. The third-order valence-electron chi connectivity index (χ3n) is 4.18. The van der Waals surface area contributed by atoms with Gasteiger partial charge in [0.25, 0.3) is 5.91 Å². The zero-order valence-electron chi connectivity index (χ0n) is 16.3. The zero-order valence-corrected chi connectivity index (χ0v) is 17.8. The molecule has 3 aromatic rings. The second-order valence-corrected chi connectivity index (χ2v) is 7.67. The molecule has 0 heterocycles. The molecule has 0 saturated heterocycles. The molecule has 0 bridgehead atoms. The second kappa shape index (κ2) is 10.2. The van der Waals surface area contributed by atoms with Gasteiger partial charge in [-0.25, -0.2) is 0 Å². The van der Waals surface area contributed by atoms with E-state index in [0.717, 1.165) is 22.0 Å². The Morgan fingerprint density at radius 2 is 1.76 bits per heavy atom. The van der Waals surface area contributed by atoms with Crippen LogP contribution in [0.2, 0.25) is 5.02 Å². The number of halogens is 1. The molecule has 0 atom stereocenters. The summed E-state index contributed by atoms with van der Waals surface area (Å²) in [5.74, 6) is 2.04. The number of hydrogen-bond acceptors (Lipinski definition) is 4. The van der Waals surface area contributed by atoms with Gasteiger partial charge in [-0.3, -0.25) is 4.79 Å². The topological polar surface area (TPSA) is 47.6 Å². The summed E-state index contributed by atoms with van der Waals surface area (Å²) in [5, 5.41) is 3.62. The van der Waals surface area contributed by atoms with E-state index in [4.69, 9.17) is 21.1 Å². The Morgan fingerprint density at radius 1 is 1.03 bits per heavy atom. The molecule has 29 heavy (non-hydrogen) atoms. The highest BCUT2D eigenvalue weighted by molar-refractivity contribution is 7.98. The van der Waals surface area contributed by atoms with Gasteiger partial charge in [0.2, 0.25) is 0 Å². The van der Waals surface area contributed by atoms with Gasteiger partial charge in [-0.15, -0.1) is 11.8 Å². The molecule has 3 rings (SSSR count). The summed E-state index contributed by atoms with van der Waals surface area (Å²) in [7, 11) is 1.61. The van der Waals surface area contributed by atoms with Crippen molar-refractivity contribution in [1.82, 2.24) is 0 Å². The number of rotatable bonds is 8. The fourth-order valence-electron chi connectivity index (χ4n) is 2.70. The van der Waals surface area contributed by atoms with Crippen molar-refractivity contribution in [2.24, 2.45) is 0 Å². The number of methoxy groups -OCH3 is 1. The molecule has 0 saturated carbocycles. The maximum absolute atomic E-state index is 12.7. The van der Waals surface area contributed by atoms with E-state index in [2.05, 4.69) is 5.32 Å². The largest absolute Gasteiger partial charge is 0.497 e. The van der Waals surface area contributed by atoms with Gasteiger partial charge in [-0.1, -0.05) is 11.6 Å². The van der Waals surface area contributed by atoms with E-state index in [1.807, 2.05) is 67.6 Å². The van der Waals surface area contributed by atoms with Crippen LogP contribution in [0.25, 0.3) is 0 Å². The molecule has 1 N–H and O–H groups in total. The lowest BCUT2D eigenvalue weighted by molar-refractivity contribution is 0.102. The molecule has 1 amide bonds. The van der Waals surface area contributed by atoms with Crippen LogP contribution in [0.4, 0.5) is 5.69 Å². The van der Waals surface area contributed by atoms with E-state index in [1.54, 1.807) is 24.9 Å². The molecule has 3 aromatic carbocycles. The number of amides is 1. The molecule has 0 spiro atoms. The summed E-state index contributed by atoms with van der Waals surface area (Å²) in [5.41, 5.74) is 2.26. The van der Waals surface area contributed by atoms with Crippen molar-refractivity contribution < 1.29 is 14.3 Å². The predicted octanol–water partition coefficient (Wildman–Crippen LogP) is 6.29. The highest BCUT2D eigenvalue weighted by Gasteiger charge is 2.12. The molecule has 0 fully saturated rings. The second-order valence-electron chi connectivity index (χ2n) is 6.18. The lowest BCUT2D eigenvalue weighted by Gasteiger charge is -2.13. The number of benzene rings is 3. The summed E-state index contributed by atoms with van der Waals surface area (Å²) in [6.07, 6.45) is 0. The number of nitrogens with one attached hydrogen (secondary N) is 1. The van der Waals surface area contributed by atoms with Gasteiger partial charge in [0.1, 0.15) is 11.5 Å². The van der Waals surface area contributed by atoms with Crippen LogP contribution >= 0.6 is 23.4 Å².